The van der Waals surface area contributed by atoms with Crippen LogP contribution in [-0.2, 0) is 17.7 Å². The van der Waals surface area contributed by atoms with Crippen LogP contribution in [0.3, 0.4) is 0 Å². The number of rotatable bonds is 8. The minimum Gasteiger partial charge on any atom is -0.394 e. The zero-order valence-electron chi connectivity index (χ0n) is 14.4. The molecule has 1 aromatic carbocycles. The van der Waals surface area contributed by atoms with Gasteiger partial charge in [-0.15, -0.1) is 11.3 Å². The fourth-order valence-corrected chi connectivity index (χ4v) is 4.34. The summed E-state index contributed by atoms with van der Waals surface area (Å²) >= 11 is 3.24. The number of nitrogens with one attached hydrogen (secondary N) is 1. The van der Waals surface area contributed by atoms with Gasteiger partial charge in [-0.05, 0) is 59.2 Å². The second kappa shape index (κ2) is 9.54. The normalized spacial score (nSPS) is 10.8. The molecule has 5 nitrogen and oxygen atoms in total. The molecule has 2 rings (SSSR count). The Morgan fingerprint density at radius 2 is 2.12 bits per heavy atom. The van der Waals surface area contributed by atoms with Gasteiger partial charge in [0.2, 0.25) is 0 Å². The van der Waals surface area contributed by atoms with Gasteiger partial charge < -0.3 is 5.11 Å². The molecule has 0 saturated carbocycles. The van der Waals surface area contributed by atoms with Crippen molar-refractivity contribution in [2.45, 2.75) is 26.7 Å². The number of hydrogen-bond donors (Lipinski definition) is 2. The highest BCUT2D eigenvalue weighted by molar-refractivity contribution is 14.1. The van der Waals surface area contributed by atoms with Crippen LogP contribution in [0.2, 0.25) is 0 Å². The Morgan fingerprint density at radius 3 is 2.69 bits per heavy atom. The molecule has 1 aromatic heterocycles. The van der Waals surface area contributed by atoms with E-state index in [1.807, 2.05) is 29.5 Å². The number of aliphatic hydroxyl groups excluding tert-OH is 1. The summed E-state index contributed by atoms with van der Waals surface area (Å²) in [5.74, 6) is -0.984. The van der Waals surface area contributed by atoms with Crippen LogP contribution in [0.4, 0.5) is 4.39 Å². The molecule has 0 saturated heterocycles. The van der Waals surface area contributed by atoms with Crippen molar-refractivity contribution in [3.8, 4) is 0 Å². The Kier molecular flexibility index (Phi) is 7.69. The van der Waals surface area contributed by atoms with Crippen molar-refractivity contribution in [1.82, 2.24) is 5.48 Å². The molecule has 26 heavy (non-hydrogen) atoms. The van der Waals surface area contributed by atoms with Gasteiger partial charge in [0.1, 0.15) is 5.82 Å². The third-order valence-electron chi connectivity index (χ3n) is 3.70. The number of hydrogen-bond acceptors (Lipinski definition) is 5. The maximum Gasteiger partial charge on any atom is 0.276 e. The number of benzene rings is 1. The van der Waals surface area contributed by atoms with Crippen molar-refractivity contribution in [2.24, 2.45) is 0 Å². The largest absolute Gasteiger partial charge is 0.394 e. The lowest BCUT2D eigenvalue weighted by molar-refractivity contribution is 0.0167. The van der Waals surface area contributed by atoms with Crippen molar-refractivity contribution < 1.29 is 23.9 Å². The predicted molar refractivity (Wildman–Crippen MR) is 106 cm³/mol. The molecule has 1 amide bonds. The minimum atomic E-state index is -0.500. The predicted octanol–water partition coefficient (Wildman–Crippen LogP) is 3.50. The number of Topliss-reactive ketones (excluding diaryl/α,β-unsaturated/α-hetero) is 1. The van der Waals surface area contributed by atoms with Gasteiger partial charge in [0, 0.05) is 14.9 Å². The Hall–Kier alpha value is -1.36. The van der Waals surface area contributed by atoms with Crippen LogP contribution in [0.15, 0.2) is 18.2 Å². The van der Waals surface area contributed by atoms with E-state index in [-0.39, 0.29) is 31.2 Å². The van der Waals surface area contributed by atoms with E-state index >= 15 is 0 Å². The Balaban J connectivity index is 2.45. The lowest BCUT2D eigenvalue weighted by Crippen LogP contribution is -2.26. The van der Waals surface area contributed by atoms with Crippen LogP contribution < -0.4 is 5.48 Å². The zero-order valence-corrected chi connectivity index (χ0v) is 17.4. The van der Waals surface area contributed by atoms with Gasteiger partial charge in [0.15, 0.2) is 5.78 Å². The third kappa shape index (κ3) is 4.87. The highest BCUT2D eigenvalue weighted by atomic mass is 127. The molecule has 2 aromatic rings. The SMILES string of the molecule is CCc1c(C(C)=O)sc(Cc2ccc(I)cc2F)c1C(=O)NOCCO. The van der Waals surface area contributed by atoms with Crippen LogP contribution in [0, 0.1) is 9.39 Å². The number of amides is 1. The molecule has 0 aliphatic carbocycles. The molecule has 0 unspecified atom stereocenters. The van der Waals surface area contributed by atoms with Crippen molar-refractivity contribution in [2.75, 3.05) is 13.2 Å². The Bertz CT molecular complexity index is 822. The fourth-order valence-electron chi connectivity index (χ4n) is 2.58. The number of aliphatic hydroxyl groups is 1. The highest BCUT2D eigenvalue weighted by Gasteiger charge is 2.25. The molecular formula is C18H19FINO4S. The van der Waals surface area contributed by atoms with Gasteiger partial charge in [-0.2, -0.15) is 0 Å². The molecule has 0 aliphatic rings. The van der Waals surface area contributed by atoms with Gasteiger partial charge in [-0.3, -0.25) is 14.4 Å². The second-order valence-electron chi connectivity index (χ2n) is 5.53. The first-order valence-corrected chi connectivity index (χ1v) is 9.90. The molecule has 0 bridgehead atoms. The molecule has 0 aliphatic heterocycles. The zero-order chi connectivity index (χ0) is 19.3. The number of halogens is 2. The molecule has 140 valence electrons. The van der Waals surface area contributed by atoms with Crippen molar-refractivity contribution in [1.29, 1.82) is 0 Å². The first-order chi connectivity index (χ1) is 12.4. The van der Waals surface area contributed by atoms with Crippen LogP contribution >= 0.6 is 33.9 Å². The van der Waals surface area contributed by atoms with E-state index in [0.29, 0.717) is 32.9 Å². The van der Waals surface area contributed by atoms with E-state index in [0.717, 1.165) is 3.57 Å². The minimum absolute atomic E-state index is 0.0437. The van der Waals surface area contributed by atoms with E-state index in [2.05, 4.69) is 5.48 Å². The number of carbonyl (C=O) groups excluding carboxylic acids is 2. The van der Waals surface area contributed by atoms with E-state index in [9.17, 15) is 14.0 Å². The quantitative estimate of drug-likeness (QED) is 0.257. The average molecular weight is 491 g/mol. The summed E-state index contributed by atoms with van der Waals surface area (Å²) in [6.07, 6.45) is 0.694. The third-order valence-corrected chi connectivity index (χ3v) is 5.71. The van der Waals surface area contributed by atoms with Crippen molar-refractivity contribution >= 4 is 45.6 Å². The van der Waals surface area contributed by atoms with E-state index in [4.69, 9.17) is 9.94 Å². The summed E-state index contributed by atoms with van der Waals surface area (Å²) in [5, 5.41) is 8.77. The Morgan fingerprint density at radius 1 is 1.38 bits per heavy atom. The molecular weight excluding hydrogens is 472 g/mol. The molecule has 0 spiro atoms. The fraction of sp³-hybridized carbons (Fsp3) is 0.333. The summed E-state index contributed by atoms with van der Waals surface area (Å²) in [6.45, 7) is 3.03. The molecule has 8 heteroatoms. The van der Waals surface area contributed by atoms with Gasteiger partial charge in [0.05, 0.1) is 23.7 Å². The van der Waals surface area contributed by atoms with Crippen molar-refractivity contribution in [3.05, 3.63) is 54.0 Å². The van der Waals surface area contributed by atoms with Crippen molar-refractivity contribution in [3.63, 3.8) is 0 Å². The Labute approximate surface area is 168 Å². The maximum absolute atomic E-state index is 14.2. The summed E-state index contributed by atoms with van der Waals surface area (Å²) in [7, 11) is 0. The number of thiophene rings is 1. The highest BCUT2D eigenvalue weighted by Crippen LogP contribution is 2.32. The monoisotopic (exact) mass is 491 g/mol. The van der Waals surface area contributed by atoms with E-state index in [1.165, 1.54) is 24.3 Å². The van der Waals surface area contributed by atoms with Gasteiger partial charge >= 0.3 is 0 Å². The van der Waals surface area contributed by atoms with Crippen LogP contribution in [-0.4, -0.2) is 30.0 Å². The number of ketones is 1. The van der Waals surface area contributed by atoms with Crippen LogP contribution in [0.25, 0.3) is 0 Å². The van der Waals surface area contributed by atoms with E-state index in [1.54, 1.807) is 12.1 Å². The maximum atomic E-state index is 14.2. The summed E-state index contributed by atoms with van der Waals surface area (Å²) in [4.78, 5) is 30.6. The smallest absolute Gasteiger partial charge is 0.276 e. The number of carbonyl (C=O) groups is 2. The standard InChI is InChI=1S/C18H19FINO4S/c1-3-13-16(18(24)21-25-7-6-22)15(26-17(13)10(2)23)8-11-4-5-12(20)9-14(11)19/h4-5,9,22H,3,6-8H2,1-2H3,(H,21,24). The van der Waals surface area contributed by atoms with Crippen LogP contribution in [0.1, 0.15) is 49.9 Å². The first-order valence-electron chi connectivity index (χ1n) is 8.01. The molecule has 0 radical (unpaired) electrons. The lowest BCUT2D eigenvalue weighted by Gasteiger charge is -2.09. The van der Waals surface area contributed by atoms with Crippen LogP contribution in [0.5, 0.6) is 0 Å². The van der Waals surface area contributed by atoms with Gasteiger partial charge in [-0.25, -0.2) is 9.87 Å². The first kappa shape index (κ1) is 20.9. The van der Waals surface area contributed by atoms with Gasteiger partial charge in [0.25, 0.3) is 5.91 Å². The molecule has 1 heterocycles. The van der Waals surface area contributed by atoms with E-state index < -0.39 is 5.91 Å². The summed E-state index contributed by atoms with van der Waals surface area (Å²) < 4.78 is 15.0. The topological polar surface area (TPSA) is 75.6 Å². The second-order valence-corrected chi connectivity index (χ2v) is 7.88. The molecule has 2 N–H and O–H groups in total. The average Bonchev–Trinajstić information content (AvgIpc) is 2.96. The van der Waals surface area contributed by atoms with Gasteiger partial charge in [-0.1, -0.05) is 13.0 Å². The molecule has 0 atom stereocenters. The number of hydroxylamine groups is 1. The summed E-state index contributed by atoms with van der Waals surface area (Å²) in [5.41, 5.74) is 3.71. The summed E-state index contributed by atoms with van der Waals surface area (Å²) in [6, 6.07) is 4.91. The lowest BCUT2D eigenvalue weighted by atomic mass is 10.0. The molecule has 0 fully saturated rings.